The van der Waals surface area contributed by atoms with Crippen molar-refractivity contribution in [1.82, 2.24) is 4.90 Å². The first kappa shape index (κ1) is 16.8. The van der Waals surface area contributed by atoms with E-state index < -0.39 is 5.54 Å². The highest BCUT2D eigenvalue weighted by Gasteiger charge is 2.39. The molecule has 2 aliphatic rings. The first-order chi connectivity index (χ1) is 10.0. The molecule has 0 spiro atoms. The Morgan fingerprint density at radius 1 is 1.19 bits per heavy atom. The van der Waals surface area contributed by atoms with Gasteiger partial charge in [0.2, 0.25) is 0 Å². The van der Waals surface area contributed by atoms with Crippen LogP contribution in [-0.4, -0.2) is 29.6 Å². The molecule has 0 aromatic carbocycles. The van der Waals surface area contributed by atoms with E-state index in [-0.39, 0.29) is 0 Å². The zero-order valence-corrected chi connectivity index (χ0v) is 14.0. The normalized spacial score (nSPS) is 30.4. The Labute approximate surface area is 130 Å². The van der Waals surface area contributed by atoms with Crippen LogP contribution in [0.1, 0.15) is 71.6 Å². The number of nitrogens with two attached hydrogens (primary N) is 1. The summed E-state index contributed by atoms with van der Waals surface area (Å²) < 4.78 is 0. The highest BCUT2D eigenvalue weighted by molar-refractivity contribution is 5.12. The molecule has 21 heavy (non-hydrogen) atoms. The van der Waals surface area contributed by atoms with Crippen molar-refractivity contribution in [1.29, 1.82) is 5.26 Å². The number of hydrogen-bond acceptors (Lipinski definition) is 3. The van der Waals surface area contributed by atoms with E-state index in [2.05, 4.69) is 24.8 Å². The summed E-state index contributed by atoms with van der Waals surface area (Å²) in [5.41, 5.74) is 5.74. The van der Waals surface area contributed by atoms with Gasteiger partial charge in [-0.2, -0.15) is 5.26 Å². The Bertz CT molecular complexity index is 354. The fraction of sp³-hybridized carbons (Fsp3) is 0.944. The van der Waals surface area contributed by atoms with Crippen LogP contribution in [0.4, 0.5) is 0 Å². The summed E-state index contributed by atoms with van der Waals surface area (Å²) in [5.74, 6) is 1.18. The largest absolute Gasteiger partial charge is 0.313 e. The molecule has 2 aliphatic carbocycles. The van der Waals surface area contributed by atoms with E-state index in [9.17, 15) is 5.26 Å². The summed E-state index contributed by atoms with van der Waals surface area (Å²) in [5, 5.41) is 9.36. The molecule has 3 heteroatoms. The van der Waals surface area contributed by atoms with Crippen LogP contribution in [0.5, 0.6) is 0 Å². The maximum Gasteiger partial charge on any atom is 0.107 e. The van der Waals surface area contributed by atoms with E-state index in [1.54, 1.807) is 0 Å². The van der Waals surface area contributed by atoms with E-state index in [0.29, 0.717) is 5.92 Å². The Morgan fingerprint density at radius 2 is 1.90 bits per heavy atom. The predicted molar refractivity (Wildman–Crippen MR) is 87.8 cm³/mol. The van der Waals surface area contributed by atoms with Crippen molar-refractivity contribution < 1.29 is 0 Å². The molecule has 0 aromatic heterocycles. The van der Waals surface area contributed by atoms with Gasteiger partial charge in [0, 0.05) is 6.04 Å². The lowest BCUT2D eigenvalue weighted by Crippen LogP contribution is -2.44. The van der Waals surface area contributed by atoms with Gasteiger partial charge in [0.25, 0.3) is 0 Å². The molecule has 0 saturated heterocycles. The molecule has 2 fully saturated rings. The fourth-order valence-corrected chi connectivity index (χ4v) is 4.14. The maximum atomic E-state index is 9.36. The molecular formula is C18H33N3. The molecule has 2 N–H and O–H groups in total. The zero-order valence-electron chi connectivity index (χ0n) is 14.0. The van der Waals surface area contributed by atoms with Gasteiger partial charge in [-0.3, -0.25) is 0 Å². The lowest BCUT2D eigenvalue weighted by atomic mass is 9.86. The molecular weight excluding hydrogens is 258 g/mol. The van der Waals surface area contributed by atoms with Crippen LogP contribution in [0.25, 0.3) is 0 Å². The molecule has 0 amide bonds. The summed E-state index contributed by atoms with van der Waals surface area (Å²) in [6.45, 7) is 6.98. The molecule has 0 aromatic rings. The highest BCUT2D eigenvalue weighted by Crippen LogP contribution is 2.36. The molecule has 0 radical (unpaired) electrons. The summed E-state index contributed by atoms with van der Waals surface area (Å²) in [7, 11) is 0. The second kappa shape index (κ2) is 7.61. The van der Waals surface area contributed by atoms with Crippen molar-refractivity contribution in [2.75, 3.05) is 13.1 Å². The molecule has 0 heterocycles. The summed E-state index contributed by atoms with van der Waals surface area (Å²) in [4.78, 5) is 2.71. The van der Waals surface area contributed by atoms with E-state index in [0.717, 1.165) is 44.2 Å². The molecule has 2 rings (SSSR count). The topological polar surface area (TPSA) is 53.0 Å². The first-order valence-electron chi connectivity index (χ1n) is 8.99. The van der Waals surface area contributed by atoms with Crippen molar-refractivity contribution in [3.8, 4) is 6.07 Å². The van der Waals surface area contributed by atoms with Gasteiger partial charge in [0.05, 0.1) is 6.07 Å². The van der Waals surface area contributed by atoms with E-state index in [1.165, 1.54) is 38.6 Å². The highest BCUT2D eigenvalue weighted by atomic mass is 15.2. The lowest BCUT2D eigenvalue weighted by Gasteiger charge is -2.32. The third-order valence-corrected chi connectivity index (χ3v) is 5.68. The van der Waals surface area contributed by atoms with E-state index in [1.807, 2.05) is 0 Å². The summed E-state index contributed by atoms with van der Waals surface area (Å²) in [6, 6.07) is 3.18. The van der Waals surface area contributed by atoms with Crippen LogP contribution >= 0.6 is 0 Å². The van der Waals surface area contributed by atoms with Crippen LogP contribution in [0, 0.1) is 23.2 Å². The predicted octanol–water partition coefficient (Wildman–Crippen LogP) is 3.69. The van der Waals surface area contributed by atoms with Crippen LogP contribution < -0.4 is 5.73 Å². The van der Waals surface area contributed by atoms with Crippen molar-refractivity contribution in [3.63, 3.8) is 0 Å². The molecule has 0 aliphatic heterocycles. The monoisotopic (exact) mass is 291 g/mol. The molecule has 2 saturated carbocycles. The molecule has 2 unspecified atom stereocenters. The minimum absolute atomic E-state index is 0.408. The van der Waals surface area contributed by atoms with E-state index in [4.69, 9.17) is 5.73 Å². The smallest absolute Gasteiger partial charge is 0.107 e. The quantitative estimate of drug-likeness (QED) is 0.778. The van der Waals surface area contributed by atoms with Gasteiger partial charge in [-0.15, -0.1) is 0 Å². The molecule has 120 valence electrons. The average Bonchev–Trinajstić information content (AvgIpc) is 3.09. The minimum Gasteiger partial charge on any atom is -0.313 e. The number of rotatable bonds is 7. The van der Waals surface area contributed by atoms with Gasteiger partial charge >= 0.3 is 0 Å². The molecule has 0 bridgehead atoms. The zero-order chi connectivity index (χ0) is 15.3. The molecule has 3 nitrogen and oxygen atoms in total. The molecule has 2 atom stereocenters. The fourth-order valence-electron chi connectivity index (χ4n) is 4.14. The lowest BCUT2D eigenvalue weighted by molar-refractivity contribution is 0.169. The SMILES string of the molecule is CC(C)CCN(CCC1CCCC1(N)C#N)C1CCCC1. The Balaban J connectivity index is 1.87. The van der Waals surface area contributed by atoms with Crippen molar-refractivity contribution in [2.45, 2.75) is 83.2 Å². The third kappa shape index (κ3) is 4.44. The average molecular weight is 291 g/mol. The van der Waals surface area contributed by atoms with Gasteiger partial charge < -0.3 is 10.6 Å². The van der Waals surface area contributed by atoms with Crippen LogP contribution in [-0.2, 0) is 0 Å². The van der Waals surface area contributed by atoms with Gasteiger partial charge in [-0.1, -0.05) is 33.1 Å². The Kier molecular flexibility index (Phi) is 6.08. The Hall–Kier alpha value is -0.590. The van der Waals surface area contributed by atoms with Crippen molar-refractivity contribution >= 4 is 0 Å². The van der Waals surface area contributed by atoms with Gasteiger partial charge in [0.1, 0.15) is 5.54 Å². The van der Waals surface area contributed by atoms with Crippen LogP contribution in [0.2, 0.25) is 0 Å². The van der Waals surface area contributed by atoms with Crippen LogP contribution in [0.15, 0.2) is 0 Å². The number of nitriles is 1. The second-order valence-electron chi connectivity index (χ2n) is 7.69. The number of hydrogen-bond donors (Lipinski definition) is 1. The second-order valence-corrected chi connectivity index (χ2v) is 7.69. The van der Waals surface area contributed by atoms with Gasteiger partial charge in [0.15, 0.2) is 0 Å². The van der Waals surface area contributed by atoms with Gasteiger partial charge in [-0.05, 0) is 63.5 Å². The van der Waals surface area contributed by atoms with Gasteiger partial charge in [-0.25, -0.2) is 0 Å². The Morgan fingerprint density at radius 3 is 2.52 bits per heavy atom. The van der Waals surface area contributed by atoms with Crippen LogP contribution in [0.3, 0.4) is 0 Å². The van der Waals surface area contributed by atoms with E-state index >= 15 is 0 Å². The first-order valence-corrected chi connectivity index (χ1v) is 8.99. The standard InChI is InChI=1S/C18H33N3/c1-15(2)9-12-21(17-7-3-4-8-17)13-10-16-6-5-11-18(16,20)14-19/h15-17H,3-13,20H2,1-2H3. The van der Waals surface area contributed by atoms with Crippen molar-refractivity contribution in [2.24, 2.45) is 17.6 Å². The minimum atomic E-state index is -0.542. The summed E-state index contributed by atoms with van der Waals surface area (Å²) in [6.07, 6.45) is 11.1. The number of nitrogens with zero attached hydrogens (tertiary/aromatic N) is 2. The summed E-state index contributed by atoms with van der Waals surface area (Å²) >= 11 is 0. The third-order valence-electron chi connectivity index (χ3n) is 5.68. The van der Waals surface area contributed by atoms with Crippen molar-refractivity contribution in [3.05, 3.63) is 0 Å². The maximum absolute atomic E-state index is 9.36.